The summed E-state index contributed by atoms with van der Waals surface area (Å²) in [4.78, 5) is 38.6. The van der Waals surface area contributed by atoms with E-state index in [1.54, 1.807) is 25.4 Å². The molecule has 0 spiro atoms. The van der Waals surface area contributed by atoms with Crippen molar-refractivity contribution < 1.29 is 13.2 Å². The SMILES string of the molecule is CCS(=O)(=O)N1CCC(C(=O)N2CC[C@@H](c3nc(-c4cccnc4)cc(=O)[nH]3)C2)CC1. The van der Waals surface area contributed by atoms with Crippen molar-refractivity contribution in [2.24, 2.45) is 5.92 Å². The third-order valence-corrected chi connectivity index (χ3v) is 8.05. The number of H-pyrrole nitrogens is 1. The lowest BCUT2D eigenvalue weighted by molar-refractivity contribution is -0.135. The first-order chi connectivity index (χ1) is 14.9. The molecule has 166 valence electrons. The fraction of sp³-hybridized carbons (Fsp3) is 0.524. The Morgan fingerprint density at radius 2 is 2.00 bits per heavy atom. The number of rotatable bonds is 5. The molecule has 2 aliphatic rings. The Hall–Kier alpha value is -2.59. The normalized spacial score (nSPS) is 20.8. The van der Waals surface area contributed by atoms with Crippen LogP contribution in [0.1, 0.15) is 37.9 Å². The molecular weight excluding hydrogens is 418 g/mol. The highest BCUT2D eigenvalue weighted by atomic mass is 32.2. The van der Waals surface area contributed by atoms with E-state index in [9.17, 15) is 18.0 Å². The number of hydrogen-bond donors (Lipinski definition) is 1. The fourth-order valence-corrected chi connectivity index (χ4v) is 5.47. The minimum absolute atomic E-state index is 0.0335. The zero-order valence-electron chi connectivity index (χ0n) is 17.5. The van der Waals surface area contributed by atoms with Gasteiger partial charge in [0, 0.05) is 62.0 Å². The Bertz CT molecular complexity index is 1090. The number of nitrogens with zero attached hydrogens (tertiary/aromatic N) is 4. The maximum atomic E-state index is 13.0. The van der Waals surface area contributed by atoms with Gasteiger partial charge in [-0.05, 0) is 38.3 Å². The summed E-state index contributed by atoms with van der Waals surface area (Å²) < 4.78 is 25.6. The summed E-state index contributed by atoms with van der Waals surface area (Å²) in [5.74, 6) is 0.555. The van der Waals surface area contributed by atoms with E-state index >= 15 is 0 Å². The van der Waals surface area contributed by atoms with Gasteiger partial charge in [-0.1, -0.05) is 0 Å². The maximum Gasteiger partial charge on any atom is 0.251 e. The highest BCUT2D eigenvalue weighted by Crippen LogP contribution is 2.29. The van der Waals surface area contributed by atoms with E-state index in [4.69, 9.17) is 0 Å². The second-order valence-corrected chi connectivity index (χ2v) is 10.4. The largest absolute Gasteiger partial charge is 0.342 e. The molecular formula is C21H27N5O4S. The van der Waals surface area contributed by atoms with Gasteiger partial charge < -0.3 is 9.88 Å². The van der Waals surface area contributed by atoms with Gasteiger partial charge in [-0.25, -0.2) is 17.7 Å². The number of nitrogens with one attached hydrogen (secondary N) is 1. The number of carbonyl (C=O) groups excluding carboxylic acids is 1. The number of likely N-dealkylation sites (tertiary alicyclic amines) is 1. The third kappa shape index (κ3) is 4.69. The Morgan fingerprint density at radius 3 is 2.68 bits per heavy atom. The van der Waals surface area contributed by atoms with Crippen LogP contribution in [-0.2, 0) is 14.8 Å². The van der Waals surface area contributed by atoms with E-state index in [-0.39, 0.29) is 29.1 Å². The van der Waals surface area contributed by atoms with Crippen LogP contribution >= 0.6 is 0 Å². The summed E-state index contributed by atoms with van der Waals surface area (Å²) in [5.41, 5.74) is 1.12. The third-order valence-electron chi connectivity index (χ3n) is 6.17. The predicted octanol–water partition coefficient (Wildman–Crippen LogP) is 1.21. The van der Waals surface area contributed by atoms with Gasteiger partial charge in [-0.3, -0.25) is 14.6 Å². The molecule has 2 aromatic heterocycles. The van der Waals surface area contributed by atoms with Crippen molar-refractivity contribution >= 4 is 15.9 Å². The van der Waals surface area contributed by atoms with Gasteiger partial charge in [-0.15, -0.1) is 0 Å². The van der Waals surface area contributed by atoms with E-state index < -0.39 is 10.0 Å². The van der Waals surface area contributed by atoms with E-state index in [1.165, 1.54) is 10.4 Å². The highest BCUT2D eigenvalue weighted by Gasteiger charge is 2.36. The van der Waals surface area contributed by atoms with Gasteiger partial charge in [0.15, 0.2) is 0 Å². The first-order valence-electron chi connectivity index (χ1n) is 10.7. The molecule has 2 saturated heterocycles. The molecule has 2 aliphatic heterocycles. The van der Waals surface area contributed by atoms with Crippen molar-refractivity contribution in [1.82, 2.24) is 24.2 Å². The van der Waals surface area contributed by atoms with Crippen LogP contribution in [0.15, 0.2) is 35.4 Å². The smallest absolute Gasteiger partial charge is 0.251 e. The summed E-state index contributed by atoms with van der Waals surface area (Å²) >= 11 is 0. The molecule has 0 saturated carbocycles. The molecule has 0 unspecified atom stereocenters. The number of piperidine rings is 1. The second-order valence-electron chi connectivity index (χ2n) is 8.10. The lowest BCUT2D eigenvalue weighted by Gasteiger charge is -2.32. The van der Waals surface area contributed by atoms with Crippen molar-refractivity contribution in [1.29, 1.82) is 0 Å². The van der Waals surface area contributed by atoms with Crippen LogP contribution in [0.5, 0.6) is 0 Å². The van der Waals surface area contributed by atoms with Crippen LogP contribution in [0.25, 0.3) is 11.3 Å². The number of hydrogen-bond acceptors (Lipinski definition) is 6. The number of aromatic nitrogens is 3. The molecule has 9 nitrogen and oxygen atoms in total. The van der Waals surface area contributed by atoms with Crippen LogP contribution < -0.4 is 5.56 Å². The van der Waals surface area contributed by atoms with E-state index in [0.29, 0.717) is 50.5 Å². The lowest BCUT2D eigenvalue weighted by atomic mass is 9.96. The van der Waals surface area contributed by atoms with Crippen molar-refractivity contribution in [3.05, 3.63) is 46.8 Å². The molecule has 0 aromatic carbocycles. The molecule has 2 fully saturated rings. The predicted molar refractivity (Wildman–Crippen MR) is 116 cm³/mol. The Morgan fingerprint density at radius 1 is 1.23 bits per heavy atom. The van der Waals surface area contributed by atoms with E-state index in [0.717, 1.165) is 12.0 Å². The molecule has 1 N–H and O–H groups in total. The number of aromatic amines is 1. The van der Waals surface area contributed by atoms with Gasteiger partial charge >= 0.3 is 0 Å². The summed E-state index contributed by atoms with van der Waals surface area (Å²) in [5, 5.41) is 0. The van der Waals surface area contributed by atoms with Crippen LogP contribution in [0.2, 0.25) is 0 Å². The lowest BCUT2D eigenvalue weighted by Crippen LogP contribution is -2.44. The van der Waals surface area contributed by atoms with Crippen molar-refractivity contribution in [3.63, 3.8) is 0 Å². The molecule has 31 heavy (non-hydrogen) atoms. The quantitative estimate of drug-likeness (QED) is 0.739. The maximum absolute atomic E-state index is 13.0. The van der Waals surface area contributed by atoms with Gasteiger partial charge in [0.2, 0.25) is 15.9 Å². The zero-order chi connectivity index (χ0) is 22.0. The van der Waals surface area contributed by atoms with Crippen LogP contribution in [-0.4, -0.2) is 70.4 Å². The van der Waals surface area contributed by atoms with Crippen LogP contribution in [0.3, 0.4) is 0 Å². The fourth-order valence-electron chi connectivity index (χ4n) is 4.34. The average molecular weight is 446 g/mol. The van der Waals surface area contributed by atoms with E-state index in [2.05, 4.69) is 15.0 Å². The first-order valence-corrected chi connectivity index (χ1v) is 12.3. The minimum atomic E-state index is -3.20. The van der Waals surface area contributed by atoms with Crippen LogP contribution in [0.4, 0.5) is 0 Å². The summed E-state index contributed by atoms with van der Waals surface area (Å²) in [7, 11) is -3.20. The van der Waals surface area contributed by atoms with Gasteiger partial charge in [0.05, 0.1) is 11.4 Å². The molecule has 0 radical (unpaired) electrons. The Balaban J connectivity index is 1.42. The summed E-state index contributed by atoms with van der Waals surface area (Å²) in [6.07, 6.45) is 5.16. The van der Waals surface area contributed by atoms with Gasteiger partial charge in [0.1, 0.15) is 5.82 Å². The van der Waals surface area contributed by atoms with Crippen LogP contribution in [0, 0.1) is 5.92 Å². The van der Waals surface area contributed by atoms with Crippen molar-refractivity contribution in [2.75, 3.05) is 31.9 Å². The molecule has 0 bridgehead atoms. The molecule has 1 amide bonds. The Kier molecular flexibility index (Phi) is 6.19. The monoisotopic (exact) mass is 445 g/mol. The second kappa shape index (κ2) is 8.88. The average Bonchev–Trinajstić information content (AvgIpc) is 3.29. The highest BCUT2D eigenvalue weighted by molar-refractivity contribution is 7.89. The number of amides is 1. The topological polar surface area (TPSA) is 116 Å². The minimum Gasteiger partial charge on any atom is -0.342 e. The summed E-state index contributed by atoms with van der Waals surface area (Å²) in [6, 6.07) is 5.11. The first kappa shape index (κ1) is 21.6. The van der Waals surface area contributed by atoms with Crippen molar-refractivity contribution in [3.8, 4) is 11.3 Å². The number of sulfonamides is 1. The van der Waals surface area contributed by atoms with E-state index in [1.807, 2.05) is 11.0 Å². The molecule has 4 rings (SSSR count). The molecule has 10 heteroatoms. The Labute approximate surface area is 181 Å². The standard InChI is InChI=1S/C21H27N5O4S/c1-2-31(29,30)26-10-6-15(7-11-26)21(28)25-9-5-17(14-25)20-23-18(12-19(27)24-20)16-4-3-8-22-13-16/h3-4,8,12-13,15,17H,2,5-7,9-11,14H2,1H3,(H,23,24,27)/t17-/m1/s1. The van der Waals surface area contributed by atoms with Crippen molar-refractivity contribution in [2.45, 2.75) is 32.1 Å². The zero-order valence-corrected chi connectivity index (χ0v) is 18.3. The number of carbonyl (C=O) groups is 1. The molecule has 2 aromatic rings. The molecule has 1 atom stereocenters. The molecule has 4 heterocycles. The van der Waals surface area contributed by atoms with Gasteiger partial charge in [-0.2, -0.15) is 0 Å². The van der Waals surface area contributed by atoms with Gasteiger partial charge in [0.25, 0.3) is 5.56 Å². The molecule has 0 aliphatic carbocycles. The number of pyridine rings is 1. The summed E-state index contributed by atoms with van der Waals surface area (Å²) in [6.45, 7) is 3.54.